The van der Waals surface area contributed by atoms with Gasteiger partial charge < -0.3 is 10.6 Å². The Bertz CT molecular complexity index is 1100. The first-order valence-corrected chi connectivity index (χ1v) is 12.5. The summed E-state index contributed by atoms with van der Waals surface area (Å²) in [5.41, 5.74) is 1.55. The van der Waals surface area contributed by atoms with Crippen LogP contribution in [-0.4, -0.2) is 37.6 Å². The number of anilines is 1. The number of benzene rings is 2. The average molecular weight is 478 g/mol. The van der Waals surface area contributed by atoms with Crippen LogP contribution in [0.25, 0.3) is 0 Å². The molecule has 32 heavy (non-hydrogen) atoms. The molecule has 1 aliphatic rings. The summed E-state index contributed by atoms with van der Waals surface area (Å²) in [6.45, 7) is 5.11. The van der Waals surface area contributed by atoms with E-state index in [9.17, 15) is 18.0 Å². The molecule has 7 nitrogen and oxygen atoms in total. The highest BCUT2D eigenvalue weighted by Crippen LogP contribution is 2.25. The minimum absolute atomic E-state index is 0.0591. The van der Waals surface area contributed by atoms with Gasteiger partial charge in [0.2, 0.25) is 15.9 Å². The second kappa shape index (κ2) is 10.5. The van der Waals surface area contributed by atoms with Crippen molar-refractivity contribution in [3.05, 3.63) is 58.6 Å². The van der Waals surface area contributed by atoms with E-state index >= 15 is 0 Å². The van der Waals surface area contributed by atoms with Gasteiger partial charge in [0, 0.05) is 31.7 Å². The highest BCUT2D eigenvalue weighted by molar-refractivity contribution is 7.89. The summed E-state index contributed by atoms with van der Waals surface area (Å²) < 4.78 is 27.0. The lowest BCUT2D eigenvalue weighted by molar-refractivity contribution is -0.116. The molecule has 0 aromatic heterocycles. The molecule has 2 N–H and O–H groups in total. The number of carbonyl (C=O) groups excluding carboxylic acids is 2. The molecule has 0 bridgehead atoms. The zero-order chi connectivity index (χ0) is 23.3. The Morgan fingerprint density at radius 3 is 2.50 bits per heavy atom. The van der Waals surface area contributed by atoms with Gasteiger partial charge in [-0.25, -0.2) is 8.42 Å². The lowest BCUT2D eigenvalue weighted by atomic mass is 10.1. The molecule has 3 rings (SSSR count). The maximum Gasteiger partial charge on any atom is 0.253 e. The Hall–Kier alpha value is -2.42. The standard InChI is InChI=1S/C23H28ClN3O4S/c1-16(2)12-22(28)26-18-7-5-6-17(13-18)15-25-23(29)20-14-19(8-9-21(20)24)32(30,31)27-10-3-4-11-27/h5-9,13-14,16H,3-4,10-12,15H2,1-2H3,(H,25,29)(H,26,28). The van der Waals surface area contributed by atoms with Gasteiger partial charge >= 0.3 is 0 Å². The fourth-order valence-corrected chi connectivity index (χ4v) is 5.28. The molecule has 0 aliphatic carbocycles. The van der Waals surface area contributed by atoms with Crippen LogP contribution in [0.4, 0.5) is 5.69 Å². The quantitative estimate of drug-likeness (QED) is 0.599. The van der Waals surface area contributed by atoms with E-state index in [0.29, 0.717) is 25.2 Å². The SMILES string of the molecule is CC(C)CC(=O)Nc1cccc(CNC(=O)c2cc(S(=O)(=O)N3CCCC3)ccc2Cl)c1. The number of rotatable bonds is 8. The van der Waals surface area contributed by atoms with Crippen molar-refractivity contribution in [2.75, 3.05) is 18.4 Å². The molecule has 0 atom stereocenters. The van der Waals surface area contributed by atoms with Crippen LogP contribution in [0.1, 0.15) is 49.0 Å². The molecule has 172 valence electrons. The van der Waals surface area contributed by atoms with Crippen LogP contribution in [0.15, 0.2) is 47.4 Å². The topological polar surface area (TPSA) is 95.6 Å². The van der Waals surface area contributed by atoms with E-state index in [1.807, 2.05) is 19.9 Å². The Morgan fingerprint density at radius 2 is 1.81 bits per heavy atom. The smallest absolute Gasteiger partial charge is 0.253 e. The third kappa shape index (κ3) is 6.09. The maximum absolute atomic E-state index is 12.8. The number of nitrogens with zero attached hydrogens (tertiary/aromatic N) is 1. The molecule has 1 saturated heterocycles. The van der Waals surface area contributed by atoms with Crippen LogP contribution in [0.5, 0.6) is 0 Å². The van der Waals surface area contributed by atoms with E-state index in [2.05, 4.69) is 10.6 Å². The number of nitrogens with one attached hydrogen (secondary N) is 2. The highest BCUT2D eigenvalue weighted by Gasteiger charge is 2.28. The fraction of sp³-hybridized carbons (Fsp3) is 0.391. The van der Waals surface area contributed by atoms with E-state index in [1.165, 1.54) is 22.5 Å². The Kier molecular flexibility index (Phi) is 7.92. The number of sulfonamides is 1. The van der Waals surface area contributed by atoms with E-state index < -0.39 is 15.9 Å². The van der Waals surface area contributed by atoms with Crippen LogP contribution in [0.2, 0.25) is 5.02 Å². The summed E-state index contributed by atoms with van der Waals surface area (Å²) in [7, 11) is -3.65. The van der Waals surface area contributed by atoms with Crippen LogP contribution < -0.4 is 10.6 Å². The average Bonchev–Trinajstić information content (AvgIpc) is 3.27. The monoisotopic (exact) mass is 477 g/mol. The van der Waals surface area contributed by atoms with Crippen LogP contribution in [-0.2, 0) is 21.4 Å². The molecule has 0 spiro atoms. The molecule has 1 heterocycles. The summed E-state index contributed by atoms with van der Waals surface area (Å²) in [6.07, 6.45) is 2.09. The Balaban J connectivity index is 1.69. The van der Waals surface area contributed by atoms with Crippen molar-refractivity contribution in [2.24, 2.45) is 5.92 Å². The molecule has 1 aliphatic heterocycles. The lowest BCUT2D eigenvalue weighted by Crippen LogP contribution is -2.28. The minimum atomic E-state index is -3.65. The van der Waals surface area contributed by atoms with E-state index in [1.54, 1.807) is 18.2 Å². The third-order valence-electron chi connectivity index (χ3n) is 5.14. The summed E-state index contributed by atoms with van der Waals surface area (Å²) in [6, 6.07) is 11.4. The minimum Gasteiger partial charge on any atom is -0.348 e. The summed E-state index contributed by atoms with van der Waals surface area (Å²) >= 11 is 6.19. The van der Waals surface area contributed by atoms with Crippen molar-refractivity contribution in [2.45, 2.75) is 44.6 Å². The number of carbonyl (C=O) groups is 2. The van der Waals surface area contributed by atoms with Gasteiger partial charge in [0.1, 0.15) is 0 Å². The van der Waals surface area contributed by atoms with Crippen LogP contribution in [0.3, 0.4) is 0 Å². The van der Waals surface area contributed by atoms with Gasteiger partial charge in [-0.15, -0.1) is 0 Å². The molecular formula is C23H28ClN3O4S. The van der Waals surface area contributed by atoms with Gasteiger partial charge in [-0.2, -0.15) is 4.31 Å². The van der Waals surface area contributed by atoms with E-state index in [0.717, 1.165) is 18.4 Å². The number of halogens is 1. The number of amides is 2. The summed E-state index contributed by atoms with van der Waals surface area (Å²) in [5.74, 6) is -0.279. The fourth-order valence-electron chi connectivity index (χ4n) is 3.54. The van der Waals surface area contributed by atoms with Gasteiger partial charge in [-0.1, -0.05) is 37.6 Å². The lowest BCUT2D eigenvalue weighted by Gasteiger charge is -2.16. The van der Waals surface area contributed by atoms with Crippen molar-refractivity contribution in [3.8, 4) is 0 Å². The van der Waals surface area contributed by atoms with Crippen molar-refractivity contribution in [1.29, 1.82) is 0 Å². The Morgan fingerprint density at radius 1 is 1.09 bits per heavy atom. The van der Waals surface area contributed by atoms with E-state index in [-0.39, 0.29) is 33.9 Å². The van der Waals surface area contributed by atoms with Gasteiger partial charge in [0.25, 0.3) is 5.91 Å². The Labute approximate surface area is 194 Å². The largest absolute Gasteiger partial charge is 0.348 e. The first kappa shape index (κ1) is 24.2. The van der Waals surface area contributed by atoms with Gasteiger partial charge in [-0.05, 0) is 54.7 Å². The van der Waals surface area contributed by atoms with Crippen molar-refractivity contribution in [3.63, 3.8) is 0 Å². The predicted molar refractivity (Wildman–Crippen MR) is 125 cm³/mol. The molecule has 1 fully saturated rings. The van der Waals surface area contributed by atoms with Gasteiger partial charge in [-0.3, -0.25) is 9.59 Å². The van der Waals surface area contributed by atoms with E-state index in [4.69, 9.17) is 11.6 Å². The van der Waals surface area contributed by atoms with Crippen molar-refractivity contribution >= 4 is 39.1 Å². The molecule has 0 unspecified atom stereocenters. The first-order chi connectivity index (χ1) is 15.2. The van der Waals surface area contributed by atoms with Crippen LogP contribution >= 0.6 is 11.6 Å². The molecule has 2 amide bonds. The van der Waals surface area contributed by atoms with Gasteiger partial charge in [0.15, 0.2) is 0 Å². The zero-order valence-corrected chi connectivity index (χ0v) is 19.8. The number of hydrogen-bond acceptors (Lipinski definition) is 4. The second-order valence-electron chi connectivity index (χ2n) is 8.28. The molecule has 2 aromatic rings. The third-order valence-corrected chi connectivity index (χ3v) is 7.37. The van der Waals surface area contributed by atoms with Crippen LogP contribution in [0, 0.1) is 5.92 Å². The molecular weight excluding hydrogens is 450 g/mol. The zero-order valence-electron chi connectivity index (χ0n) is 18.2. The summed E-state index contributed by atoms with van der Waals surface area (Å²) in [4.78, 5) is 24.8. The maximum atomic E-state index is 12.8. The molecule has 0 radical (unpaired) electrons. The normalized spacial score (nSPS) is 14.5. The second-order valence-corrected chi connectivity index (χ2v) is 10.6. The predicted octanol–water partition coefficient (Wildman–Crippen LogP) is 4.04. The van der Waals surface area contributed by atoms with Crippen molar-refractivity contribution in [1.82, 2.24) is 9.62 Å². The molecule has 9 heteroatoms. The molecule has 0 saturated carbocycles. The first-order valence-electron chi connectivity index (χ1n) is 10.6. The highest BCUT2D eigenvalue weighted by atomic mass is 35.5. The van der Waals surface area contributed by atoms with Crippen molar-refractivity contribution < 1.29 is 18.0 Å². The van der Waals surface area contributed by atoms with Gasteiger partial charge in [0.05, 0.1) is 15.5 Å². The summed E-state index contributed by atoms with van der Waals surface area (Å²) in [5, 5.41) is 5.80. The number of hydrogen-bond donors (Lipinski definition) is 2. The molecule has 2 aromatic carbocycles.